The largest absolute Gasteiger partial charge is 0.472 e. The Balaban J connectivity index is 5.10. The average Bonchev–Trinajstić information content (AvgIpc) is 3.38. The van der Waals surface area contributed by atoms with Gasteiger partial charge in [0, 0.05) is 12.8 Å². The lowest BCUT2D eigenvalue weighted by molar-refractivity contribution is -0.870. The van der Waals surface area contributed by atoms with Gasteiger partial charge >= 0.3 is 13.8 Å². The van der Waals surface area contributed by atoms with Crippen LogP contribution >= 0.6 is 7.82 Å². The van der Waals surface area contributed by atoms with Crippen LogP contribution in [0, 0.1) is 0 Å². The minimum atomic E-state index is -4.46. The number of hydrogen-bond acceptors (Lipinski definition) is 6. The van der Waals surface area contributed by atoms with Crippen molar-refractivity contribution in [2.75, 3.05) is 40.9 Å². The predicted octanol–water partition coefficient (Wildman–Crippen LogP) is 20.1. The molecule has 0 heterocycles. The highest BCUT2D eigenvalue weighted by molar-refractivity contribution is 7.47. The standard InChI is InChI=1S/C66H125N2O7P/c1-7-10-13-16-19-22-25-28-29-30-31-32-33-34-35-36-37-38-39-41-44-47-50-53-56-59-66(70)75-64(57-54-51-48-45-42-27-24-21-18-15-12-9-3)63(62-74-76(71,72)73-61-60-68(4,5)6)67-65(69)58-55-52-49-46-43-40-26-23-20-17-14-11-8-2/h28-29,40,43,49,52,54,57,63-64H,7-27,30-39,41-42,44-48,50-51,53,55-56,58-62H2,1-6H3,(H-,67,69,71,72)/p+1/b29-28+,43-40-,52-49+,57-54-. The van der Waals surface area contributed by atoms with Gasteiger partial charge in [-0.3, -0.25) is 18.6 Å². The lowest BCUT2D eigenvalue weighted by atomic mass is 10.0. The number of nitrogens with one attached hydrogen (secondary N) is 1. The SMILES string of the molecule is CCCCCCCC/C=C\C/C=C/CCC(=O)NC(COP(=O)(O)OCC[N+](C)(C)C)C(/C=C\CCCCCCCCCCCC)OC(=O)CCCCCCCCCCCCCCCCC/C=C/CCCCCCCC. The molecule has 0 aromatic heterocycles. The van der Waals surface area contributed by atoms with Crippen molar-refractivity contribution in [2.45, 2.75) is 322 Å². The molecule has 9 nitrogen and oxygen atoms in total. The number of carbonyl (C=O) groups excluding carboxylic acids is 2. The van der Waals surface area contributed by atoms with E-state index in [1.165, 1.54) is 218 Å². The zero-order valence-electron chi connectivity index (χ0n) is 51.0. The number of nitrogens with zero attached hydrogens (tertiary/aromatic N) is 1. The summed E-state index contributed by atoms with van der Waals surface area (Å²) >= 11 is 0. The number of esters is 1. The topological polar surface area (TPSA) is 111 Å². The highest BCUT2D eigenvalue weighted by Gasteiger charge is 2.30. The number of hydrogen-bond donors (Lipinski definition) is 2. The number of carbonyl (C=O) groups is 2. The second-order valence-corrected chi connectivity index (χ2v) is 24.7. The Morgan fingerprint density at radius 3 is 1.22 bits per heavy atom. The smallest absolute Gasteiger partial charge is 0.456 e. The zero-order chi connectivity index (χ0) is 55.7. The van der Waals surface area contributed by atoms with Crippen molar-refractivity contribution < 1.29 is 37.3 Å². The minimum absolute atomic E-state index is 0.0321. The molecule has 0 saturated carbocycles. The van der Waals surface area contributed by atoms with E-state index >= 15 is 0 Å². The molecule has 0 aromatic carbocycles. The first-order chi connectivity index (χ1) is 36.9. The molecule has 0 aliphatic heterocycles. The van der Waals surface area contributed by atoms with Crippen molar-refractivity contribution in [3.63, 3.8) is 0 Å². The second kappa shape index (κ2) is 56.3. The van der Waals surface area contributed by atoms with Crippen LogP contribution < -0.4 is 5.32 Å². The van der Waals surface area contributed by atoms with E-state index in [1.807, 2.05) is 39.4 Å². The Morgan fingerprint density at radius 1 is 0.461 bits per heavy atom. The van der Waals surface area contributed by atoms with Gasteiger partial charge in [-0.05, 0) is 76.7 Å². The molecule has 3 atom stereocenters. The van der Waals surface area contributed by atoms with Crippen LogP contribution in [0.3, 0.4) is 0 Å². The molecule has 446 valence electrons. The molecule has 3 unspecified atom stereocenters. The number of allylic oxidation sites excluding steroid dienone is 7. The third kappa shape index (κ3) is 56.7. The van der Waals surface area contributed by atoms with E-state index < -0.39 is 20.0 Å². The summed E-state index contributed by atoms with van der Waals surface area (Å²) in [7, 11) is 1.47. The molecule has 10 heteroatoms. The maximum atomic E-state index is 13.5. The normalized spacial score (nSPS) is 13.9. The van der Waals surface area contributed by atoms with Crippen molar-refractivity contribution >= 4 is 19.7 Å². The van der Waals surface area contributed by atoms with Gasteiger partial charge in [0.25, 0.3) is 0 Å². The number of rotatable bonds is 59. The molecule has 0 aromatic rings. The fraction of sp³-hybridized carbons (Fsp3) is 0.848. The molecule has 0 bridgehead atoms. The van der Waals surface area contributed by atoms with Crippen LogP contribution in [-0.4, -0.2) is 74.3 Å². The Morgan fingerprint density at radius 2 is 0.816 bits per heavy atom. The number of amides is 1. The molecule has 1 amide bonds. The van der Waals surface area contributed by atoms with Gasteiger partial charge in [-0.2, -0.15) is 0 Å². The van der Waals surface area contributed by atoms with Crippen LogP contribution in [-0.2, 0) is 27.9 Å². The highest BCUT2D eigenvalue weighted by atomic mass is 31.2. The summed E-state index contributed by atoms with van der Waals surface area (Å²) in [5, 5.41) is 3.02. The zero-order valence-corrected chi connectivity index (χ0v) is 51.9. The van der Waals surface area contributed by atoms with Crippen LogP contribution in [0.4, 0.5) is 0 Å². The van der Waals surface area contributed by atoms with Crippen molar-refractivity contribution in [2.24, 2.45) is 0 Å². The van der Waals surface area contributed by atoms with Crippen LogP contribution in [0.1, 0.15) is 310 Å². The summed E-state index contributed by atoms with van der Waals surface area (Å²) in [5.41, 5.74) is 0. The molecule has 0 saturated heterocycles. The fourth-order valence-corrected chi connectivity index (χ4v) is 10.2. The minimum Gasteiger partial charge on any atom is -0.456 e. The molecule has 0 radical (unpaired) electrons. The average molecular weight is 1090 g/mol. The summed E-state index contributed by atoms with van der Waals surface area (Å²) < 4.78 is 30.6. The third-order valence-corrected chi connectivity index (χ3v) is 15.5. The third-order valence-electron chi connectivity index (χ3n) is 14.5. The Kier molecular flexibility index (Phi) is 54.7. The first kappa shape index (κ1) is 74.0. The van der Waals surface area contributed by atoms with Gasteiger partial charge in [-0.15, -0.1) is 0 Å². The van der Waals surface area contributed by atoms with E-state index in [-0.39, 0.29) is 37.9 Å². The summed E-state index contributed by atoms with van der Waals surface area (Å²) in [5.74, 6) is -0.573. The summed E-state index contributed by atoms with van der Waals surface area (Å²) in [6.07, 6.45) is 70.0. The lowest BCUT2D eigenvalue weighted by Crippen LogP contribution is -2.47. The number of phosphoric ester groups is 1. The van der Waals surface area contributed by atoms with Gasteiger partial charge < -0.3 is 19.4 Å². The lowest BCUT2D eigenvalue weighted by Gasteiger charge is -2.27. The van der Waals surface area contributed by atoms with Gasteiger partial charge in [-0.25, -0.2) is 4.57 Å². The molecular formula is C66H126N2O7P+. The summed E-state index contributed by atoms with van der Waals surface area (Å²) in [4.78, 5) is 37.6. The van der Waals surface area contributed by atoms with Gasteiger partial charge in [-0.1, -0.05) is 269 Å². The first-order valence-electron chi connectivity index (χ1n) is 32.5. The van der Waals surface area contributed by atoms with Gasteiger partial charge in [0.2, 0.25) is 5.91 Å². The molecule has 0 fully saturated rings. The number of likely N-dealkylation sites (N-methyl/N-ethyl adjacent to an activating group) is 1. The number of unbranched alkanes of at least 4 members (excludes halogenated alkanes) is 37. The van der Waals surface area contributed by atoms with Gasteiger partial charge in [0.1, 0.15) is 19.3 Å². The van der Waals surface area contributed by atoms with Crippen LogP contribution in [0.2, 0.25) is 0 Å². The molecule has 0 aliphatic carbocycles. The Bertz CT molecular complexity index is 1440. The molecule has 0 rings (SSSR count). The van der Waals surface area contributed by atoms with E-state index in [1.54, 1.807) is 0 Å². The van der Waals surface area contributed by atoms with E-state index in [0.29, 0.717) is 17.4 Å². The first-order valence-corrected chi connectivity index (χ1v) is 34.0. The highest BCUT2D eigenvalue weighted by Crippen LogP contribution is 2.43. The van der Waals surface area contributed by atoms with E-state index in [2.05, 4.69) is 56.5 Å². The maximum Gasteiger partial charge on any atom is 0.472 e. The van der Waals surface area contributed by atoms with E-state index in [0.717, 1.165) is 51.4 Å². The van der Waals surface area contributed by atoms with Gasteiger partial charge in [0.05, 0.1) is 33.8 Å². The monoisotopic (exact) mass is 1090 g/mol. The maximum absolute atomic E-state index is 13.5. The summed E-state index contributed by atoms with van der Waals surface area (Å²) in [6, 6.07) is -0.876. The van der Waals surface area contributed by atoms with E-state index in [4.69, 9.17) is 13.8 Å². The van der Waals surface area contributed by atoms with Gasteiger partial charge in [0.15, 0.2) is 0 Å². The van der Waals surface area contributed by atoms with Crippen molar-refractivity contribution in [3.05, 3.63) is 48.6 Å². The predicted molar refractivity (Wildman–Crippen MR) is 328 cm³/mol. The van der Waals surface area contributed by atoms with Crippen molar-refractivity contribution in [1.82, 2.24) is 5.32 Å². The molecule has 0 aliphatic rings. The fourth-order valence-electron chi connectivity index (χ4n) is 9.46. The molecule has 0 spiro atoms. The summed E-state index contributed by atoms with van der Waals surface area (Å²) in [6.45, 7) is 6.98. The Hall–Kier alpha value is -2.03. The number of quaternary nitrogens is 1. The molecular weight excluding hydrogens is 964 g/mol. The van der Waals surface area contributed by atoms with Crippen molar-refractivity contribution in [1.29, 1.82) is 0 Å². The van der Waals surface area contributed by atoms with Crippen LogP contribution in [0.5, 0.6) is 0 Å². The number of phosphoric acid groups is 1. The molecule has 76 heavy (non-hydrogen) atoms. The van der Waals surface area contributed by atoms with Crippen LogP contribution in [0.25, 0.3) is 0 Å². The van der Waals surface area contributed by atoms with E-state index in [9.17, 15) is 19.0 Å². The quantitative estimate of drug-likeness (QED) is 0.0205. The van der Waals surface area contributed by atoms with Crippen molar-refractivity contribution in [3.8, 4) is 0 Å². The van der Waals surface area contributed by atoms with Crippen LogP contribution in [0.15, 0.2) is 48.6 Å². The Labute approximate surface area is 471 Å². The molecule has 2 N–H and O–H groups in total. The second-order valence-electron chi connectivity index (χ2n) is 23.3. The number of ether oxygens (including phenoxy) is 1.